The number of aliphatic imine (C=N–C) groups is 1. The number of nitrogens with one attached hydrogen (secondary N) is 2. The number of aromatic nitrogens is 3. The molecule has 27 heavy (non-hydrogen) atoms. The van der Waals surface area contributed by atoms with Crippen LogP contribution in [-0.2, 0) is 19.5 Å². The van der Waals surface area contributed by atoms with E-state index in [1.807, 2.05) is 4.68 Å². The smallest absolute Gasteiger partial charge is 0.191 e. The van der Waals surface area contributed by atoms with Crippen molar-refractivity contribution in [2.75, 3.05) is 24.5 Å². The summed E-state index contributed by atoms with van der Waals surface area (Å²) in [6.45, 7) is 6.40. The summed E-state index contributed by atoms with van der Waals surface area (Å²) in [4.78, 5) is 11.5. The van der Waals surface area contributed by atoms with Crippen LogP contribution in [-0.4, -0.2) is 46.4 Å². The Kier molecular flexibility index (Phi) is 5.37. The van der Waals surface area contributed by atoms with Crippen molar-refractivity contribution in [3.05, 3.63) is 54.1 Å². The molecule has 1 atom stereocenters. The summed E-state index contributed by atoms with van der Waals surface area (Å²) >= 11 is 0. The highest BCUT2D eigenvalue weighted by Gasteiger charge is 2.20. The van der Waals surface area contributed by atoms with Crippen LogP contribution in [0, 0.1) is 0 Å². The molecule has 2 N–H and O–H groups in total. The third-order valence-corrected chi connectivity index (χ3v) is 5.00. The van der Waals surface area contributed by atoms with E-state index in [0.29, 0.717) is 12.6 Å². The summed E-state index contributed by atoms with van der Waals surface area (Å²) in [6.07, 6.45) is 8.05. The van der Waals surface area contributed by atoms with Gasteiger partial charge in [0.05, 0.1) is 13.1 Å². The number of fused-ring (bicyclic) bond motifs is 1. The van der Waals surface area contributed by atoms with E-state index in [0.717, 1.165) is 50.8 Å². The minimum absolute atomic E-state index is 0.319. The largest absolute Gasteiger partial charge is 0.364 e. The maximum Gasteiger partial charge on any atom is 0.191 e. The molecule has 1 unspecified atom stereocenters. The second-order valence-electron chi connectivity index (χ2n) is 6.98. The fourth-order valence-electron chi connectivity index (χ4n) is 3.58. The van der Waals surface area contributed by atoms with E-state index in [1.165, 1.54) is 11.3 Å². The molecule has 0 fully saturated rings. The van der Waals surface area contributed by atoms with Crippen LogP contribution >= 0.6 is 0 Å². The standard InChI is InChI=1S/C20H27N7/c1-2-21-20(25-17-8-9-19-23-15-24-27(19)14-17)22-13-16-6-5-7-18(12-16)26-10-3-4-11-26/h3-7,12,15,17H,2,8-11,13-14H2,1H3,(H2,21,22,25). The van der Waals surface area contributed by atoms with Crippen LogP contribution in [0.2, 0.25) is 0 Å². The van der Waals surface area contributed by atoms with Crippen molar-refractivity contribution in [1.82, 2.24) is 25.4 Å². The molecule has 0 spiro atoms. The van der Waals surface area contributed by atoms with Crippen LogP contribution in [0.15, 0.2) is 47.7 Å². The second-order valence-corrected chi connectivity index (χ2v) is 6.98. The van der Waals surface area contributed by atoms with Crippen molar-refractivity contribution in [2.45, 2.75) is 38.9 Å². The fourth-order valence-corrected chi connectivity index (χ4v) is 3.58. The fraction of sp³-hybridized carbons (Fsp3) is 0.450. The molecule has 3 heterocycles. The zero-order chi connectivity index (χ0) is 18.5. The highest BCUT2D eigenvalue weighted by atomic mass is 15.4. The van der Waals surface area contributed by atoms with Crippen LogP contribution in [0.3, 0.4) is 0 Å². The van der Waals surface area contributed by atoms with Gasteiger partial charge >= 0.3 is 0 Å². The van der Waals surface area contributed by atoms with Crippen LogP contribution in [0.5, 0.6) is 0 Å². The van der Waals surface area contributed by atoms with Crippen LogP contribution in [0.25, 0.3) is 0 Å². The van der Waals surface area contributed by atoms with Gasteiger partial charge in [-0.25, -0.2) is 14.7 Å². The highest BCUT2D eigenvalue weighted by Crippen LogP contribution is 2.19. The molecule has 0 saturated carbocycles. The molecular formula is C20H27N7. The molecule has 7 nitrogen and oxygen atoms in total. The topological polar surface area (TPSA) is 70.4 Å². The molecule has 2 aromatic rings. The lowest BCUT2D eigenvalue weighted by atomic mass is 10.1. The number of nitrogens with zero attached hydrogens (tertiary/aromatic N) is 5. The first-order valence-electron chi connectivity index (χ1n) is 9.72. The SMILES string of the molecule is CCNC(=NCc1cccc(N2CC=CC2)c1)NC1CCc2ncnn2C1. The molecule has 0 aliphatic carbocycles. The van der Waals surface area contributed by atoms with Gasteiger partial charge in [0.1, 0.15) is 12.2 Å². The average Bonchev–Trinajstić information content (AvgIpc) is 3.38. The minimum Gasteiger partial charge on any atom is -0.364 e. The van der Waals surface area contributed by atoms with Crippen LogP contribution < -0.4 is 15.5 Å². The van der Waals surface area contributed by atoms with Gasteiger partial charge in [-0.05, 0) is 31.0 Å². The molecule has 1 aromatic carbocycles. The van der Waals surface area contributed by atoms with Crippen LogP contribution in [0.1, 0.15) is 24.7 Å². The Morgan fingerprint density at radius 2 is 2.19 bits per heavy atom. The first-order valence-corrected chi connectivity index (χ1v) is 9.72. The zero-order valence-electron chi connectivity index (χ0n) is 15.8. The Balaban J connectivity index is 1.40. The predicted octanol–water partition coefficient (Wildman–Crippen LogP) is 1.72. The van der Waals surface area contributed by atoms with E-state index in [1.54, 1.807) is 6.33 Å². The molecule has 0 radical (unpaired) electrons. The molecule has 4 rings (SSSR count). The number of hydrogen-bond donors (Lipinski definition) is 2. The monoisotopic (exact) mass is 365 g/mol. The van der Waals surface area contributed by atoms with Gasteiger partial charge in [0.15, 0.2) is 5.96 Å². The van der Waals surface area contributed by atoms with Crippen molar-refractivity contribution < 1.29 is 0 Å². The molecule has 142 valence electrons. The average molecular weight is 365 g/mol. The van der Waals surface area contributed by atoms with Gasteiger partial charge in [-0.2, -0.15) is 5.10 Å². The van der Waals surface area contributed by atoms with E-state index in [-0.39, 0.29) is 0 Å². The first-order chi connectivity index (χ1) is 13.3. The van der Waals surface area contributed by atoms with Crippen molar-refractivity contribution in [3.8, 4) is 0 Å². The molecule has 2 aliphatic heterocycles. The van der Waals surface area contributed by atoms with Gasteiger partial charge in [0.25, 0.3) is 0 Å². The highest BCUT2D eigenvalue weighted by molar-refractivity contribution is 5.80. The van der Waals surface area contributed by atoms with E-state index >= 15 is 0 Å². The first kappa shape index (κ1) is 17.6. The van der Waals surface area contributed by atoms with Crippen molar-refractivity contribution in [2.24, 2.45) is 4.99 Å². The Hall–Kier alpha value is -2.83. The Morgan fingerprint density at radius 1 is 1.30 bits per heavy atom. The number of benzene rings is 1. The van der Waals surface area contributed by atoms with Gasteiger partial charge in [0.2, 0.25) is 0 Å². The van der Waals surface area contributed by atoms with Gasteiger partial charge in [0, 0.05) is 37.8 Å². The number of hydrogen-bond acceptors (Lipinski definition) is 4. The lowest BCUT2D eigenvalue weighted by Crippen LogP contribution is -2.47. The summed E-state index contributed by atoms with van der Waals surface area (Å²) in [5, 5.41) is 11.2. The maximum absolute atomic E-state index is 4.80. The third-order valence-electron chi connectivity index (χ3n) is 5.00. The molecular weight excluding hydrogens is 338 g/mol. The quantitative estimate of drug-likeness (QED) is 0.480. The minimum atomic E-state index is 0.319. The van der Waals surface area contributed by atoms with Crippen LogP contribution in [0.4, 0.5) is 5.69 Å². The third kappa shape index (κ3) is 4.30. The molecule has 7 heteroatoms. The maximum atomic E-state index is 4.80. The van der Waals surface area contributed by atoms with E-state index in [9.17, 15) is 0 Å². The molecule has 0 bridgehead atoms. The molecule has 0 amide bonds. The van der Waals surface area contributed by atoms with Gasteiger partial charge in [-0.1, -0.05) is 24.3 Å². The molecule has 1 aromatic heterocycles. The van der Waals surface area contributed by atoms with E-state index in [2.05, 4.69) is 69.0 Å². The summed E-state index contributed by atoms with van der Waals surface area (Å²) in [7, 11) is 0. The van der Waals surface area contributed by atoms with E-state index < -0.39 is 0 Å². The number of aryl methyl sites for hydroxylation is 1. The lowest BCUT2D eigenvalue weighted by Gasteiger charge is -2.25. The Morgan fingerprint density at radius 3 is 3.04 bits per heavy atom. The van der Waals surface area contributed by atoms with Crippen molar-refractivity contribution >= 4 is 11.6 Å². The van der Waals surface area contributed by atoms with E-state index in [4.69, 9.17) is 4.99 Å². The summed E-state index contributed by atoms with van der Waals surface area (Å²) in [5.41, 5.74) is 2.48. The Bertz CT molecular complexity index is 815. The normalized spacial score (nSPS) is 19.2. The second kappa shape index (κ2) is 8.24. The summed E-state index contributed by atoms with van der Waals surface area (Å²) in [6, 6.07) is 8.98. The predicted molar refractivity (Wildman–Crippen MR) is 108 cm³/mol. The summed E-state index contributed by atoms with van der Waals surface area (Å²) < 4.78 is 1.98. The Labute approximate surface area is 160 Å². The number of guanidine groups is 1. The van der Waals surface area contributed by atoms with Gasteiger partial charge < -0.3 is 15.5 Å². The van der Waals surface area contributed by atoms with Gasteiger partial charge in [-0.3, -0.25) is 0 Å². The van der Waals surface area contributed by atoms with Crippen molar-refractivity contribution in [3.63, 3.8) is 0 Å². The summed E-state index contributed by atoms with van der Waals surface area (Å²) in [5.74, 6) is 1.93. The number of anilines is 1. The lowest BCUT2D eigenvalue weighted by molar-refractivity contribution is 0.392. The van der Waals surface area contributed by atoms with Gasteiger partial charge in [-0.15, -0.1) is 0 Å². The van der Waals surface area contributed by atoms with Crippen molar-refractivity contribution in [1.29, 1.82) is 0 Å². The zero-order valence-corrected chi connectivity index (χ0v) is 15.8. The molecule has 2 aliphatic rings. The number of rotatable bonds is 5. The molecule has 0 saturated heterocycles.